The summed E-state index contributed by atoms with van der Waals surface area (Å²) < 4.78 is 28.4. The van der Waals surface area contributed by atoms with Gasteiger partial charge in [-0.25, -0.2) is 4.79 Å². The molecule has 1 saturated heterocycles. The number of carboxylic acids is 1. The highest BCUT2D eigenvalue weighted by molar-refractivity contribution is 7.90. The lowest BCUT2D eigenvalue weighted by Crippen LogP contribution is -2.44. The van der Waals surface area contributed by atoms with Crippen molar-refractivity contribution in [1.29, 1.82) is 0 Å². The van der Waals surface area contributed by atoms with Crippen LogP contribution in [0, 0.1) is 0 Å². The zero-order chi connectivity index (χ0) is 15.0. The summed E-state index contributed by atoms with van der Waals surface area (Å²) in [7, 11) is -3.49. The van der Waals surface area contributed by atoms with Gasteiger partial charge >= 0.3 is 16.2 Å². The number of aromatic carboxylic acids is 1. The summed E-state index contributed by atoms with van der Waals surface area (Å²) in [5.41, 5.74) is 1.62. The van der Waals surface area contributed by atoms with Gasteiger partial charge in [0.15, 0.2) is 0 Å². The van der Waals surface area contributed by atoms with Crippen molar-refractivity contribution in [2.75, 3.05) is 23.9 Å². The lowest BCUT2D eigenvalue weighted by molar-refractivity contribution is 0.0697. The minimum absolute atomic E-state index is 0.203. The maximum absolute atomic E-state index is 12.7. The van der Waals surface area contributed by atoms with E-state index in [4.69, 9.17) is 5.11 Å². The molecule has 21 heavy (non-hydrogen) atoms. The molecule has 1 aromatic rings. The van der Waals surface area contributed by atoms with E-state index in [9.17, 15) is 13.2 Å². The Labute approximate surface area is 124 Å². The Hall–Kier alpha value is -1.60. The third kappa shape index (κ3) is 2.51. The fourth-order valence-corrected chi connectivity index (χ4v) is 4.78. The van der Waals surface area contributed by atoms with Crippen LogP contribution in [0.1, 0.15) is 35.2 Å². The molecular weight excluding hydrogens is 292 g/mol. The van der Waals surface area contributed by atoms with E-state index in [2.05, 4.69) is 0 Å². The van der Waals surface area contributed by atoms with Crippen LogP contribution < -0.4 is 4.31 Å². The molecule has 1 fully saturated rings. The van der Waals surface area contributed by atoms with Gasteiger partial charge in [0.2, 0.25) is 0 Å². The predicted molar refractivity (Wildman–Crippen MR) is 78.8 cm³/mol. The van der Waals surface area contributed by atoms with Crippen LogP contribution in [0.2, 0.25) is 0 Å². The molecule has 1 N–H and O–H groups in total. The Morgan fingerprint density at radius 1 is 1.10 bits per heavy atom. The Balaban J connectivity index is 1.98. The SMILES string of the molecule is O=C(O)c1ccc2c(c1)CCCN2S(=O)(=O)N1CCCC1. The number of carboxylic acid groups (broad SMARTS) is 1. The number of nitrogens with zero attached hydrogens (tertiary/aromatic N) is 2. The highest BCUT2D eigenvalue weighted by Crippen LogP contribution is 2.32. The number of aryl methyl sites for hydroxylation is 1. The number of carbonyl (C=O) groups is 1. The van der Waals surface area contributed by atoms with Crippen LogP contribution in [0.25, 0.3) is 0 Å². The molecule has 2 aliphatic heterocycles. The monoisotopic (exact) mass is 310 g/mol. The maximum Gasteiger partial charge on any atom is 0.335 e. The number of anilines is 1. The van der Waals surface area contributed by atoms with Crippen molar-refractivity contribution in [3.05, 3.63) is 29.3 Å². The van der Waals surface area contributed by atoms with Crippen molar-refractivity contribution in [1.82, 2.24) is 4.31 Å². The molecule has 3 rings (SSSR count). The summed E-state index contributed by atoms with van der Waals surface area (Å²) in [6.07, 6.45) is 3.22. The van der Waals surface area contributed by atoms with E-state index in [0.717, 1.165) is 18.4 Å². The Kier molecular flexibility index (Phi) is 3.62. The van der Waals surface area contributed by atoms with Crippen LogP contribution in [0.15, 0.2) is 18.2 Å². The maximum atomic E-state index is 12.7. The van der Waals surface area contributed by atoms with E-state index in [1.54, 1.807) is 12.1 Å². The lowest BCUT2D eigenvalue weighted by atomic mass is 10.0. The molecule has 0 aromatic heterocycles. The Morgan fingerprint density at radius 3 is 2.48 bits per heavy atom. The highest BCUT2D eigenvalue weighted by Gasteiger charge is 2.34. The predicted octanol–water partition coefficient (Wildman–Crippen LogP) is 1.48. The van der Waals surface area contributed by atoms with E-state index < -0.39 is 16.2 Å². The smallest absolute Gasteiger partial charge is 0.335 e. The molecule has 0 bridgehead atoms. The normalized spacial score (nSPS) is 19.5. The summed E-state index contributed by atoms with van der Waals surface area (Å²) in [5.74, 6) is -0.989. The second kappa shape index (κ2) is 5.31. The van der Waals surface area contributed by atoms with Gasteiger partial charge in [-0.2, -0.15) is 12.7 Å². The minimum Gasteiger partial charge on any atom is -0.478 e. The fourth-order valence-electron chi connectivity index (χ4n) is 2.99. The quantitative estimate of drug-likeness (QED) is 0.917. The molecule has 2 heterocycles. The van der Waals surface area contributed by atoms with Gasteiger partial charge < -0.3 is 5.11 Å². The first-order valence-electron chi connectivity index (χ1n) is 7.14. The van der Waals surface area contributed by atoms with Gasteiger partial charge in [-0.05, 0) is 49.4 Å². The van der Waals surface area contributed by atoms with Crippen LogP contribution in [0.5, 0.6) is 0 Å². The molecule has 7 heteroatoms. The van der Waals surface area contributed by atoms with Crippen LogP contribution in [-0.4, -0.2) is 43.4 Å². The van der Waals surface area contributed by atoms with Gasteiger partial charge in [0.1, 0.15) is 0 Å². The van der Waals surface area contributed by atoms with E-state index in [-0.39, 0.29) is 5.56 Å². The van der Waals surface area contributed by atoms with Crippen molar-refractivity contribution in [3.63, 3.8) is 0 Å². The first-order chi connectivity index (χ1) is 10.00. The molecule has 0 saturated carbocycles. The van der Waals surface area contributed by atoms with E-state index in [1.165, 1.54) is 14.7 Å². The third-order valence-corrected chi connectivity index (χ3v) is 6.03. The summed E-state index contributed by atoms with van der Waals surface area (Å²) in [6.45, 7) is 1.60. The third-order valence-electron chi connectivity index (χ3n) is 4.07. The van der Waals surface area contributed by atoms with Crippen molar-refractivity contribution in [3.8, 4) is 0 Å². The molecule has 114 valence electrons. The van der Waals surface area contributed by atoms with Crippen LogP contribution in [0.4, 0.5) is 5.69 Å². The lowest BCUT2D eigenvalue weighted by Gasteiger charge is -2.33. The van der Waals surface area contributed by atoms with Crippen LogP contribution >= 0.6 is 0 Å². The molecule has 0 unspecified atom stereocenters. The number of benzene rings is 1. The molecular formula is C14H18N2O4S. The zero-order valence-corrected chi connectivity index (χ0v) is 12.5. The van der Waals surface area contributed by atoms with E-state index >= 15 is 0 Å². The van der Waals surface area contributed by atoms with Gasteiger partial charge in [-0.1, -0.05) is 0 Å². The molecule has 1 aromatic carbocycles. The summed E-state index contributed by atoms with van der Waals surface area (Å²) in [5, 5.41) is 9.04. The van der Waals surface area contributed by atoms with Gasteiger partial charge in [0, 0.05) is 19.6 Å². The Bertz CT molecular complexity index is 666. The average molecular weight is 310 g/mol. The number of hydrogen-bond acceptors (Lipinski definition) is 3. The van der Waals surface area contributed by atoms with E-state index in [1.807, 2.05) is 0 Å². The van der Waals surface area contributed by atoms with Crippen LogP contribution in [-0.2, 0) is 16.6 Å². The number of rotatable bonds is 3. The average Bonchev–Trinajstić information content (AvgIpc) is 3.00. The molecule has 0 aliphatic carbocycles. The second-order valence-corrected chi connectivity index (χ2v) is 7.29. The standard InChI is InChI=1S/C14H18N2O4S/c17-14(18)12-5-6-13-11(10-12)4-3-9-16(13)21(19,20)15-7-1-2-8-15/h5-6,10H,1-4,7-9H2,(H,17,18). The van der Waals surface area contributed by atoms with Crippen molar-refractivity contribution in [2.45, 2.75) is 25.7 Å². The summed E-state index contributed by atoms with van der Waals surface area (Å²) in [6, 6.07) is 4.67. The summed E-state index contributed by atoms with van der Waals surface area (Å²) >= 11 is 0. The molecule has 6 nitrogen and oxygen atoms in total. The largest absolute Gasteiger partial charge is 0.478 e. The van der Waals surface area contributed by atoms with Crippen molar-refractivity contribution in [2.24, 2.45) is 0 Å². The van der Waals surface area contributed by atoms with Gasteiger partial charge in [0.25, 0.3) is 0 Å². The Morgan fingerprint density at radius 2 is 1.81 bits per heavy atom. The van der Waals surface area contributed by atoms with Gasteiger partial charge in [0.05, 0.1) is 11.3 Å². The fraction of sp³-hybridized carbons (Fsp3) is 0.500. The van der Waals surface area contributed by atoms with Crippen molar-refractivity contribution < 1.29 is 18.3 Å². The number of hydrogen-bond donors (Lipinski definition) is 1. The summed E-state index contributed by atoms with van der Waals surface area (Å²) in [4.78, 5) is 11.0. The highest BCUT2D eigenvalue weighted by atomic mass is 32.2. The molecule has 0 atom stereocenters. The van der Waals surface area contributed by atoms with Gasteiger partial charge in [-0.3, -0.25) is 4.31 Å². The van der Waals surface area contributed by atoms with Gasteiger partial charge in [-0.15, -0.1) is 0 Å². The number of fused-ring (bicyclic) bond motifs is 1. The first kappa shape index (κ1) is 14.3. The minimum atomic E-state index is -3.49. The molecule has 0 radical (unpaired) electrons. The molecule has 2 aliphatic rings. The molecule has 0 spiro atoms. The first-order valence-corrected chi connectivity index (χ1v) is 8.54. The second-order valence-electron chi connectivity index (χ2n) is 5.44. The van der Waals surface area contributed by atoms with Crippen molar-refractivity contribution >= 4 is 21.9 Å². The molecule has 0 amide bonds. The van der Waals surface area contributed by atoms with E-state index in [0.29, 0.717) is 38.2 Å². The van der Waals surface area contributed by atoms with Crippen LogP contribution in [0.3, 0.4) is 0 Å². The topological polar surface area (TPSA) is 77.9 Å². The zero-order valence-electron chi connectivity index (χ0n) is 11.7.